The van der Waals surface area contributed by atoms with Crippen molar-refractivity contribution in [2.75, 3.05) is 44.1 Å². The highest BCUT2D eigenvalue weighted by molar-refractivity contribution is 5.89. The summed E-state index contributed by atoms with van der Waals surface area (Å²) in [6.45, 7) is 2.09. The van der Waals surface area contributed by atoms with E-state index in [0.29, 0.717) is 30.3 Å². The van der Waals surface area contributed by atoms with E-state index in [1.54, 1.807) is 25.3 Å². The van der Waals surface area contributed by atoms with Crippen LogP contribution in [0, 0.1) is 0 Å². The molecular formula is C14H22N2O5. The number of benzene rings is 1. The Bertz CT molecular complexity index is 453. The highest BCUT2D eigenvalue weighted by atomic mass is 16.5. The van der Waals surface area contributed by atoms with Crippen LogP contribution >= 0.6 is 0 Å². The Kier molecular flexibility index (Phi) is 7.52. The van der Waals surface area contributed by atoms with Crippen molar-refractivity contribution in [2.45, 2.75) is 13.0 Å². The van der Waals surface area contributed by atoms with Crippen molar-refractivity contribution in [2.24, 2.45) is 0 Å². The Morgan fingerprint density at radius 1 is 1.38 bits per heavy atom. The maximum atomic E-state index is 11.1. The third-order valence-electron chi connectivity index (χ3n) is 2.58. The van der Waals surface area contributed by atoms with E-state index in [1.807, 2.05) is 0 Å². The fraction of sp³-hybridized carbons (Fsp3) is 0.500. The van der Waals surface area contributed by atoms with Crippen LogP contribution < -0.4 is 15.4 Å². The van der Waals surface area contributed by atoms with Gasteiger partial charge in [-0.15, -0.1) is 0 Å². The lowest BCUT2D eigenvalue weighted by molar-refractivity contribution is -0.114. The number of hydrogen-bond donors (Lipinski definition) is 4. The second kappa shape index (κ2) is 9.17. The molecule has 0 spiro atoms. The Labute approximate surface area is 123 Å². The van der Waals surface area contributed by atoms with E-state index < -0.39 is 6.10 Å². The van der Waals surface area contributed by atoms with E-state index in [-0.39, 0.29) is 19.1 Å². The second-order valence-electron chi connectivity index (χ2n) is 4.45. The molecule has 1 unspecified atom stereocenters. The lowest BCUT2D eigenvalue weighted by atomic mass is 10.2. The van der Waals surface area contributed by atoms with Crippen molar-refractivity contribution in [1.29, 1.82) is 0 Å². The molecule has 0 aliphatic carbocycles. The molecule has 1 aromatic rings. The number of anilines is 2. The van der Waals surface area contributed by atoms with E-state index >= 15 is 0 Å². The van der Waals surface area contributed by atoms with Crippen LogP contribution in [-0.4, -0.2) is 55.7 Å². The molecule has 0 aliphatic rings. The minimum absolute atomic E-state index is 0.167. The van der Waals surface area contributed by atoms with Gasteiger partial charge in [-0.05, 0) is 18.2 Å². The fourth-order valence-corrected chi connectivity index (χ4v) is 1.60. The Morgan fingerprint density at radius 2 is 2.14 bits per heavy atom. The van der Waals surface area contributed by atoms with Crippen LogP contribution in [0.5, 0.6) is 5.75 Å². The summed E-state index contributed by atoms with van der Waals surface area (Å²) in [4.78, 5) is 11.1. The van der Waals surface area contributed by atoms with Crippen molar-refractivity contribution in [3.8, 4) is 5.75 Å². The third kappa shape index (κ3) is 6.44. The molecule has 0 saturated heterocycles. The van der Waals surface area contributed by atoms with Gasteiger partial charge in [-0.3, -0.25) is 4.79 Å². The Hall–Kier alpha value is -1.83. The summed E-state index contributed by atoms with van der Waals surface area (Å²) in [5.74, 6) is 0.399. The van der Waals surface area contributed by atoms with Gasteiger partial charge in [-0.25, -0.2) is 0 Å². The molecule has 1 atom stereocenters. The highest BCUT2D eigenvalue weighted by Crippen LogP contribution is 2.28. The van der Waals surface area contributed by atoms with Gasteiger partial charge in [0, 0.05) is 26.3 Å². The van der Waals surface area contributed by atoms with Crippen molar-refractivity contribution >= 4 is 17.3 Å². The van der Waals surface area contributed by atoms with Crippen LogP contribution in [0.15, 0.2) is 18.2 Å². The van der Waals surface area contributed by atoms with E-state index in [9.17, 15) is 9.90 Å². The molecule has 0 aromatic heterocycles. The van der Waals surface area contributed by atoms with Crippen LogP contribution in [0.4, 0.5) is 11.4 Å². The van der Waals surface area contributed by atoms with E-state index in [0.717, 1.165) is 0 Å². The molecule has 1 rings (SSSR count). The average Bonchev–Trinajstić information content (AvgIpc) is 2.46. The number of methoxy groups -OCH3 is 1. The quantitative estimate of drug-likeness (QED) is 0.494. The molecule has 4 N–H and O–H groups in total. The number of hydrogen-bond acceptors (Lipinski definition) is 6. The summed E-state index contributed by atoms with van der Waals surface area (Å²) < 4.78 is 10.5. The van der Waals surface area contributed by atoms with Crippen LogP contribution in [0.25, 0.3) is 0 Å². The second-order valence-corrected chi connectivity index (χ2v) is 4.45. The Morgan fingerprint density at radius 3 is 2.76 bits per heavy atom. The maximum absolute atomic E-state index is 11.1. The third-order valence-corrected chi connectivity index (χ3v) is 2.58. The van der Waals surface area contributed by atoms with Crippen molar-refractivity contribution in [1.82, 2.24) is 0 Å². The molecule has 1 aromatic carbocycles. The van der Waals surface area contributed by atoms with Gasteiger partial charge >= 0.3 is 0 Å². The lowest BCUT2D eigenvalue weighted by Crippen LogP contribution is -2.23. The van der Waals surface area contributed by atoms with Crippen LogP contribution in [0.3, 0.4) is 0 Å². The highest BCUT2D eigenvalue weighted by Gasteiger charge is 2.08. The van der Waals surface area contributed by atoms with Crippen LogP contribution in [-0.2, 0) is 9.53 Å². The lowest BCUT2D eigenvalue weighted by Gasteiger charge is -2.16. The first-order chi connectivity index (χ1) is 10.1. The van der Waals surface area contributed by atoms with E-state index in [1.165, 1.54) is 6.92 Å². The molecule has 0 heterocycles. The minimum atomic E-state index is -0.874. The normalized spacial score (nSPS) is 11.8. The van der Waals surface area contributed by atoms with Gasteiger partial charge < -0.3 is 30.3 Å². The molecular weight excluding hydrogens is 276 g/mol. The number of carbonyl (C=O) groups is 1. The largest absolute Gasteiger partial charge is 0.489 e. The smallest absolute Gasteiger partial charge is 0.221 e. The average molecular weight is 298 g/mol. The standard InChI is InChI=1S/C14H22N2O5/c1-10(18)16-11-3-4-14(21-6-5-20-2)13(7-11)15-8-12(19)9-17/h3-4,7,12,15,17,19H,5-6,8-9H2,1-2H3,(H,16,18). The molecule has 7 nitrogen and oxygen atoms in total. The topological polar surface area (TPSA) is 100 Å². The van der Waals surface area contributed by atoms with E-state index in [2.05, 4.69) is 10.6 Å². The molecule has 0 saturated carbocycles. The first-order valence-electron chi connectivity index (χ1n) is 6.63. The predicted molar refractivity (Wildman–Crippen MR) is 79.7 cm³/mol. The number of amides is 1. The summed E-state index contributed by atoms with van der Waals surface area (Å²) in [5, 5.41) is 23.9. The van der Waals surface area contributed by atoms with Gasteiger partial charge in [0.15, 0.2) is 0 Å². The zero-order valence-electron chi connectivity index (χ0n) is 12.3. The number of ether oxygens (including phenoxy) is 2. The first kappa shape index (κ1) is 17.2. The molecule has 118 valence electrons. The van der Waals surface area contributed by atoms with Gasteiger partial charge in [0.05, 0.1) is 25.0 Å². The number of nitrogens with one attached hydrogen (secondary N) is 2. The summed E-state index contributed by atoms with van der Waals surface area (Å²) >= 11 is 0. The molecule has 7 heteroatoms. The predicted octanol–water partition coefficient (Wildman–Crippen LogP) is 0.435. The monoisotopic (exact) mass is 298 g/mol. The number of aliphatic hydroxyl groups is 2. The van der Waals surface area contributed by atoms with Crippen molar-refractivity contribution < 1.29 is 24.5 Å². The SMILES string of the molecule is COCCOc1ccc(NC(C)=O)cc1NCC(O)CO. The summed E-state index contributed by atoms with van der Waals surface area (Å²) in [6, 6.07) is 5.14. The molecule has 0 aliphatic heterocycles. The number of carbonyl (C=O) groups excluding carboxylic acids is 1. The van der Waals surface area contributed by atoms with Gasteiger partial charge in [0.1, 0.15) is 12.4 Å². The zero-order valence-corrected chi connectivity index (χ0v) is 12.3. The molecule has 0 bridgehead atoms. The fourth-order valence-electron chi connectivity index (χ4n) is 1.60. The molecule has 1 amide bonds. The van der Waals surface area contributed by atoms with Gasteiger partial charge in [0.25, 0.3) is 0 Å². The maximum Gasteiger partial charge on any atom is 0.221 e. The van der Waals surface area contributed by atoms with Crippen LogP contribution in [0.2, 0.25) is 0 Å². The van der Waals surface area contributed by atoms with Crippen molar-refractivity contribution in [3.05, 3.63) is 18.2 Å². The zero-order chi connectivity index (χ0) is 15.7. The molecule has 0 fully saturated rings. The summed E-state index contributed by atoms with van der Waals surface area (Å²) in [5.41, 5.74) is 1.23. The van der Waals surface area contributed by atoms with Crippen molar-refractivity contribution in [3.63, 3.8) is 0 Å². The van der Waals surface area contributed by atoms with E-state index in [4.69, 9.17) is 14.6 Å². The first-order valence-corrected chi connectivity index (χ1v) is 6.63. The van der Waals surface area contributed by atoms with Crippen LogP contribution in [0.1, 0.15) is 6.92 Å². The molecule has 0 radical (unpaired) electrons. The van der Waals surface area contributed by atoms with Gasteiger partial charge in [-0.2, -0.15) is 0 Å². The summed E-state index contributed by atoms with van der Waals surface area (Å²) in [7, 11) is 1.58. The van der Waals surface area contributed by atoms with Gasteiger partial charge in [-0.1, -0.05) is 0 Å². The minimum Gasteiger partial charge on any atom is -0.489 e. The Balaban J connectivity index is 2.81. The number of aliphatic hydroxyl groups excluding tert-OH is 2. The van der Waals surface area contributed by atoms with Gasteiger partial charge in [0.2, 0.25) is 5.91 Å². The molecule has 21 heavy (non-hydrogen) atoms. The number of rotatable bonds is 9. The summed E-state index contributed by atoms with van der Waals surface area (Å²) in [6.07, 6.45) is -0.874.